The molecule has 0 atom stereocenters. The summed E-state index contributed by atoms with van der Waals surface area (Å²) in [6, 6.07) is 8.23. The van der Waals surface area contributed by atoms with E-state index in [1.165, 1.54) is 48.6 Å². The van der Waals surface area contributed by atoms with E-state index in [0.717, 1.165) is 0 Å². The van der Waals surface area contributed by atoms with E-state index in [4.69, 9.17) is 4.74 Å². The highest BCUT2D eigenvalue weighted by Gasteiger charge is 2.22. The highest BCUT2D eigenvalue weighted by atomic mass is 16.5. The number of ether oxygens (including phenoxy) is 1. The lowest BCUT2D eigenvalue weighted by Gasteiger charge is -2.03. The second-order valence-electron chi connectivity index (χ2n) is 4.95. The van der Waals surface area contributed by atoms with Gasteiger partial charge in [0.2, 0.25) is 0 Å². The highest BCUT2D eigenvalue weighted by Crippen LogP contribution is 2.33. The van der Waals surface area contributed by atoms with E-state index in [1.54, 1.807) is 0 Å². The van der Waals surface area contributed by atoms with Crippen molar-refractivity contribution in [3.05, 3.63) is 59.2 Å². The molecule has 0 bridgehead atoms. The first-order valence-corrected chi connectivity index (χ1v) is 6.64. The van der Waals surface area contributed by atoms with E-state index in [1.807, 2.05) is 0 Å². The number of esters is 1. The minimum absolute atomic E-state index is 0.236. The summed E-state index contributed by atoms with van der Waals surface area (Å²) in [6.07, 6.45) is 2.98. The smallest absolute Gasteiger partial charge is 0.343 e. The fourth-order valence-electron chi connectivity index (χ4n) is 2.12. The summed E-state index contributed by atoms with van der Waals surface area (Å²) >= 11 is 0. The number of carbonyl (C=O) groups excluding carboxylic acids is 1. The monoisotopic (exact) mass is 312 g/mol. The van der Waals surface area contributed by atoms with Crippen LogP contribution in [0, 0.1) is 0 Å². The predicted octanol–water partition coefficient (Wildman–Crippen LogP) is 2.49. The summed E-state index contributed by atoms with van der Waals surface area (Å²) in [5.74, 6) is -1.48. The van der Waals surface area contributed by atoms with Crippen LogP contribution in [-0.2, 0) is 9.53 Å². The van der Waals surface area contributed by atoms with Crippen molar-refractivity contribution in [2.45, 2.75) is 0 Å². The number of hydrogen-bond donors (Lipinski definition) is 4. The maximum Gasteiger partial charge on any atom is 0.343 e. The number of phenolic OH excluding ortho intramolecular Hbond substituents is 4. The predicted molar refractivity (Wildman–Crippen MR) is 81.6 cm³/mol. The molecular weight excluding hydrogens is 300 g/mol. The van der Waals surface area contributed by atoms with Gasteiger partial charge in [-0.1, -0.05) is 6.07 Å². The van der Waals surface area contributed by atoms with Gasteiger partial charge in [0.05, 0.1) is 5.57 Å². The number of benzene rings is 2. The summed E-state index contributed by atoms with van der Waals surface area (Å²) < 4.78 is 5.13. The van der Waals surface area contributed by atoms with Gasteiger partial charge in [0.25, 0.3) is 0 Å². The van der Waals surface area contributed by atoms with Crippen molar-refractivity contribution in [1.82, 2.24) is 0 Å². The van der Waals surface area contributed by atoms with Crippen LogP contribution in [0.2, 0.25) is 0 Å². The number of rotatable bonds is 2. The van der Waals surface area contributed by atoms with Crippen LogP contribution in [-0.4, -0.2) is 26.4 Å². The molecule has 23 heavy (non-hydrogen) atoms. The molecule has 6 heteroatoms. The Bertz CT molecular complexity index is 863. The molecule has 0 saturated carbocycles. The highest BCUT2D eigenvalue weighted by molar-refractivity contribution is 6.05. The average Bonchev–Trinajstić information content (AvgIpc) is 2.87. The third-order valence-corrected chi connectivity index (χ3v) is 3.31. The number of carbonyl (C=O) groups is 1. The number of cyclic esters (lactones) is 1. The zero-order valence-electron chi connectivity index (χ0n) is 11.7. The van der Waals surface area contributed by atoms with Gasteiger partial charge in [-0.25, -0.2) is 4.79 Å². The summed E-state index contributed by atoms with van der Waals surface area (Å²) in [6.45, 7) is 0. The minimum Gasteiger partial charge on any atom is -0.504 e. The van der Waals surface area contributed by atoms with Gasteiger partial charge >= 0.3 is 5.97 Å². The van der Waals surface area contributed by atoms with Gasteiger partial charge in [0.15, 0.2) is 23.0 Å². The summed E-state index contributed by atoms with van der Waals surface area (Å²) in [5.41, 5.74) is 1.20. The quantitative estimate of drug-likeness (QED) is 0.385. The molecule has 3 rings (SSSR count). The minimum atomic E-state index is -0.583. The standard InChI is InChI=1S/C17H12O6/c18-12-3-1-9(6-14(12)20)5-11-8-16(23-17(11)22)10-2-4-13(19)15(21)7-10/h1-8,18-21H. The van der Waals surface area contributed by atoms with E-state index < -0.39 is 5.97 Å². The Labute approximate surface area is 130 Å². The molecule has 0 spiro atoms. The Hall–Kier alpha value is -3.41. The van der Waals surface area contributed by atoms with E-state index in [-0.39, 0.29) is 34.3 Å². The van der Waals surface area contributed by atoms with Gasteiger partial charge in [-0.15, -0.1) is 0 Å². The van der Waals surface area contributed by atoms with Crippen molar-refractivity contribution in [1.29, 1.82) is 0 Å². The first-order valence-electron chi connectivity index (χ1n) is 6.64. The van der Waals surface area contributed by atoms with Gasteiger partial charge in [-0.05, 0) is 48.0 Å². The van der Waals surface area contributed by atoms with Crippen LogP contribution < -0.4 is 0 Å². The Kier molecular flexibility index (Phi) is 3.42. The first-order chi connectivity index (χ1) is 10.9. The topological polar surface area (TPSA) is 107 Å². The van der Waals surface area contributed by atoms with Crippen molar-refractivity contribution < 1.29 is 30.0 Å². The van der Waals surface area contributed by atoms with Crippen molar-refractivity contribution >= 4 is 17.8 Å². The molecule has 0 saturated heterocycles. The van der Waals surface area contributed by atoms with Gasteiger partial charge in [-0.2, -0.15) is 0 Å². The van der Waals surface area contributed by atoms with Crippen LogP contribution in [0.3, 0.4) is 0 Å². The molecule has 116 valence electrons. The fourth-order valence-corrected chi connectivity index (χ4v) is 2.12. The first kappa shape index (κ1) is 14.5. The maximum absolute atomic E-state index is 11.9. The Morgan fingerprint density at radius 1 is 0.826 bits per heavy atom. The molecule has 1 aliphatic rings. The molecule has 0 aromatic heterocycles. The second-order valence-corrected chi connectivity index (χ2v) is 4.95. The van der Waals surface area contributed by atoms with E-state index in [0.29, 0.717) is 11.1 Å². The second kappa shape index (κ2) is 5.42. The number of phenols is 4. The average molecular weight is 312 g/mol. The van der Waals surface area contributed by atoms with Crippen molar-refractivity contribution in [2.24, 2.45) is 0 Å². The number of aromatic hydroxyl groups is 4. The van der Waals surface area contributed by atoms with Crippen LogP contribution in [0.25, 0.3) is 11.8 Å². The SMILES string of the molecule is O=C1OC(c2ccc(O)c(O)c2)=CC1=Cc1ccc(O)c(O)c1. The van der Waals surface area contributed by atoms with Crippen LogP contribution in [0.15, 0.2) is 48.0 Å². The lowest BCUT2D eigenvalue weighted by molar-refractivity contribution is -0.130. The molecule has 0 aliphatic carbocycles. The third-order valence-electron chi connectivity index (χ3n) is 3.31. The van der Waals surface area contributed by atoms with Gasteiger partial charge in [0.1, 0.15) is 5.76 Å². The molecule has 1 heterocycles. The molecule has 0 radical (unpaired) electrons. The lowest BCUT2D eigenvalue weighted by Crippen LogP contribution is -1.97. The molecule has 2 aromatic rings. The van der Waals surface area contributed by atoms with Crippen LogP contribution >= 0.6 is 0 Å². The molecule has 0 fully saturated rings. The van der Waals surface area contributed by atoms with Crippen LogP contribution in [0.5, 0.6) is 23.0 Å². The Balaban J connectivity index is 1.95. The molecule has 4 N–H and O–H groups in total. The van der Waals surface area contributed by atoms with E-state index in [2.05, 4.69) is 0 Å². The van der Waals surface area contributed by atoms with Crippen molar-refractivity contribution in [2.75, 3.05) is 0 Å². The largest absolute Gasteiger partial charge is 0.504 e. The summed E-state index contributed by atoms with van der Waals surface area (Å²) in [7, 11) is 0. The molecule has 2 aromatic carbocycles. The van der Waals surface area contributed by atoms with Crippen molar-refractivity contribution in [3.63, 3.8) is 0 Å². The Morgan fingerprint density at radius 3 is 2.13 bits per heavy atom. The van der Waals surface area contributed by atoms with Gasteiger partial charge in [-0.3, -0.25) is 0 Å². The van der Waals surface area contributed by atoms with Gasteiger partial charge in [0, 0.05) is 5.56 Å². The third kappa shape index (κ3) is 2.82. The zero-order chi connectivity index (χ0) is 16.6. The van der Waals surface area contributed by atoms with Crippen molar-refractivity contribution in [3.8, 4) is 23.0 Å². The summed E-state index contributed by atoms with van der Waals surface area (Å²) in [5, 5.41) is 37.5. The lowest BCUT2D eigenvalue weighted by atomic mass is 10.1. The van der Waals surface area contributed by atoms with Gasteiger partial charge < -0.3 is 25.2 Å². The molecule has 1 aliphatic heterocycles. The normalized spacial score (nSPS) is 15.6. The Morgan fingerprint density at radius 2 is 1.48 bits per heavy atom. The number of hydrogen-bond acceptors (Lipinski definition) is 6. The molecule has 0 unspecified atom stereocenters. The molecular formula is C17H12O6. The fraction of sp³-hybridized carbons (Fsp3) is 0. The van der Waals surface area contributed by atoms with Crippen LogP contribution in [0.4, 0.5) is 0 Å². The zero-order valence-corrected chi connectivity index (χ0v) is 11.7. The summed E-state index contributed by atoms with van der Waals surface area (Å²) in [4.78, 5) is 11.9. The van der Waals surface area contributed by atoms with E-state index >= 15 is 0 Å². The van der Waals surface area contributed by atoms with Crippen LogP contribution in [0.1, 0.15) is 11.1 Å². The van der Waals surface area contributed by atoms with E-state index in [9.17, 15) is 25.2 Å². The maximum atomic E-state index is 11.9. The molecule has 0 amide bonds. The molecule has 6 nitrogen and oxygen atoms in total.